The van der Waals surface area contributed by atoms with Gasteiger partial charge in [0.25, 0.3) is 0 Å². The van der Waals surface area contributed by atoms with Crippen LogP contribution in [0, 0.1) is 0 Å². The number of hydrogen-bond donors (Lipinski definition) is 2. The molecule has 0 unspecified atom stereocenters. The molecule has 0 aromatic carbocycles. The number of nitrogens with zero attached hydrogens (tertiary/aromatic N) is 2. The molecule has 0 bridgehead atoms. The molecule has 0 saturated carbocycles. The number of hydrogen-bond acceptors (Lipinski definition) is 6. The zero-order valence-corrected chi connectivity index (χ0v) is 8.36. The lowest BCUT2D eigenvalue weighted by molar-refractivity contribution is 0.481. The van der Waals surface area contributed by atoms with Gasteiger partial charge in [-0.05, 0) is 19.2 Å². The Bertz CT molecular complexity index is 396. The maximum absolute atomic E-state index is 5.28. The van der Waals surface area contributed by atoms with Gasteiger partial charge in [-0.3, -0.25) is 0 Å². The van der Waals surface area contributed by atoms with Crippen molar-refractivity contribution in [2.75, 3.05) is 12.4 Å². The average molecular weight is 208 g/mol. The van der Waals surface area contributed by atoms with Crippen molar-refractivity contribution in [3.63, 3.8) is 0 Å². The van der Waals surface area contributed by atoms with Crippen molar-refractivity contribution in [3.8, 4) is 0 Å². The number of rotatable bonds is 5. The summed E-state index contributed by atoms with van der Waals surface area (Å²) in [5.41, 5.74) is 0. The lowest BCUT2D eigenvalue weighted by atomic mass is 10.4. The summed E-state index contributed by atoms with van der Waals surface area (Å²) < 4.78 is 10.4. The van der Waals surface area contributed by atoms with E-state index in [4.69, 9.17) is 8.83 Å². The zero-order valence-electron chi connectivity index (χ0n) is 8.36. The van der Waals surface area contributed by atoms with Crippen LogP contribution in [0.3, 0.4) is 0 Å². The van der Waals surface area contributed by atoms with Crippen LogP contribution in [-0.4, -0.2) is 17.2 Å². The van der Waals surface area contributed by atoms with Crippen LogP contribution in [0.4, 0.5) is 6.01 Å². The second kappa shape index (κ2) is 4.61. The Hall–Kier alpha value is -1.82. The van der Waals surface area contributed by atoms with Crippen molar-refractivity contribution in [1.29, 1.82) is 0 Å². The predicted molar refractivity (Wildman–Crippen MR) is 53.1 cm³/mol. The fourth-order valence-corrected chi connectivity index (χ4v) is 1.12. The number of nitrogens with one attached hydrogen (secondary N) is 2. The highest BCUT2D eigenvalue weighted by molar-refractivity contribution is 5.18. The predicted octanol–water partition coefficient (Wildman–Crippen LogP) is 0.994. The Kier molecular flexibility index (Phi) is 2.99. The van der Waals surface area contributed by atoms with Crippen molar-refractivity contribution in [3.05, 3.63) is 30.0 Å². The van der Waals surface area contributed by atoms with Gasteiger partial charge in [-0.2, -0.15) is 0 Å². The third-order valence-corrected chi connectivity index (χ3v) is 1.79. The number of furan rings is 1. The molecule has 2 aromatic rings. The molecule has 0 aliphatic heterocycles. The number of aromatic nitrogens is 2. The second-order valence-electron chi connectivity index (χ2n) is 2.96. The maximum Gasteiger partial charge on any atom is 0.315 e. The Morgan fingerprint density at radius 1 is 1.33 bits per heavy atom. The summed E-state index contributed by atoms with van der Waals surface area (Å²) in [6, 6.07) is 4.10. The van der Waals surface area contributed by atoms with E-state index in [2.05, 4.69) is 20.8 Å². The first-order valence-corrected chi connectivity index (χ1v) is 4.61. The molecule has 80 valence electrons. The molecule has 2 heterocycles. The minimum atomic E-state index is 0.400. The molecule has 6 nitrogen and oxygen atoms in total. The van der Waals surface area contributed by atoms with E-state index in [0.717, 1.165) is 5.76 Å². The normalized spacial score (nSPS) is 10.5. The first-order valence-electron chi connectivity index (χ1n) is 4.61. The van der Waals surface area contributed by atoms with Gasteiger partial charge in [0, 0.05) is 0 Å². The van der Waals surface area contributed by atoms with Crippen LogP contribution >= 0.6 is 0 Å². The Morgan fingerprint density at radius 2 is 2.27 bits per heavy atom. The molecule has 6 heteroatoms. The van der Waals surface area contributed by atoms with Gasteiger partial charge >= 0.3 is 6.01 Å². The molecule has 0 aliphatic carbocycles. The SMILES string of the molecule is CNCc1nnc(NCc2ccco2)o1. The molecular formula is C9H12N4O2. The second-order valence-corrected chi connectivity index (χ2v) is 2.96. The monoisotopic (exact) mass is 208 g/mol. The summed E-state index contributed by atoms with van der Waals surface area (Å²) in [5, 5.41) is 13.5. The van der Waals surface area contributed by atoms with Gasteiger partial charge in [-0.1, -0.05) is 5.10 Å². The van der Waals surface area contributed by atoms with Crippen LogP contribution < -0.4 is 10.6 Å². The van der Waals surface area contributed by atoms with E-state index in [1.807, 2.05) is 19.2 Å². The maximum atomic E-state index is 5.28. The van der Waals surface area contributed by atoms with E-state index in [-0.39, 0.29) is 0 Å². The van der Waals surface area contributed by atoms with Crippen LogP contribution in [0.15, 0.2) is 27.2 Å². The van der Waals surface area contributed by atoms with Gasteiger partial charge in [-0.25, -0.2) is 0 Å². The van der Waals surface area contributed by atoms with Crippen LogP contribution in [0.2, 0.25) is 0 Å². The Balaban J connectivity index is 1.88. The van der Waals surface area contributed by atoms with Crippen molar-refractivity contribution in [2.24, 2.45) is 0 Å². The van der Waals surface area contributed by atoms with Crippen LogP contribution in [-0.2, 0) is 13.1 Å². The van der Waals surface area contributed by atoms with Gasteiger partial charge in [0.1, 0.15) is 5.76 Å². The molecule has 0 saturated heterocycles. The first kappa shape index (κ1) is 9.72. The van der Waals surface area contributed by atoms with Gasteiger partial charge in [0.15, 0.2) is 0 Å². The smallest absolute Gasteiger partial charge is 0.315 e. The summed E-state index contributed by atoms with van der Waals surface area (Å²) in [4.78, 5) is 0. The van der Waals surface area contributed by atoms with Crippen LogP contribution in [0.5, 0.6) is 0 Å². The summed E-state index contributed by atoms with van der Waals surface area (Å²) in [5.74, 6) is 1.38. The minimum absolute atomic E-state index is 0.400. The quantitative estimate of drug-likeness (QED) is 0.763. The van der Waals surface area contributed by atoms with Crippen molar-refractivity contribution >= 4 is 6.01 Å². The summed E-state index contributed by atoms with van der Waals surface area (Å²) in [6.45, 7) is 1.10. The Morgan fingerprint density at radius 3 is 3.00 bits per heavy atom. The third kappa shape index (κ3) is 2.57. The van der Waals surface area contributed by atoms with Crippen LogP contribution in [0.1, 0.15) is 11.7 Å². The molecule has 0 amide bonds. The van der Waals surface area contributed by atoms with Gasteiger partial charge in [0.2, 0.25) is 5.89 Å². The molecule has 2 rings (SSSR count). The zero-order chi connectivity index (χ0) is 10.5. The highest BCUT2D eigenvalue weighted by atomic mass is 16.4. The van der Waals surface area contributed by atoms with Crippen molar-refractivity contribution in [2.45, 2.75) is 13.1 Å². The lowest BCUT2D eigenvalue weighted by Crippen LogP contribution is -2.04. The van der Waals surface area contributed by atoms with Crippen molar-refractivity contribution < 1.29 is 8.83 Å². The molecule has 0 radical (unpaired) electrons. The average Bonchev–Trinajstić information content (AvgIpc) is 2.85. The summed E-state index contributed by atoms with van der Waals surface area (Å²) in [6.07, 6.45) is 1.62. The standard InChI is InChI=1S/C9H12N4O2/c1-10-6-8-12-13-9(15-8)11-5-7-3-2-4-14-7/h2-4,10H,5-6H2,1H3,(H,11,13). The lowest BCUT2D eigenvalue weighted by Gasteiger charge is -1.96. The van der Waals surface area contributed by atoms with Crippen LogP contribution in [0.25, 0.3) is 0 Å². The summed E-state index contributed by atoms with van der Waals surface area (Å²) in [7, 11) is 1.82. The summed E-state index contributed by atoms with van der Waals surface area (Å²) >= 11 is 0. The van der Waals surface area contributed by atoms with Gasteiger partial charge < -0.3 is 19.5 Å². The minimum Gasteiger partial charge on any atom is -0.467 e. The topological polar surface area (TPSA) is 76.1 Å². The van der Waals surface area contributed by atoms with E-state index < -0.39 is 0 Å². The van der Waals surface area contributed by atoms with E-state index in [1.165, 1.54) is 0 Å². The highest BCUT2D eigenvalue weighted by Gasteiger charge is 2.04. The molecule has 0 atom stereocenters. The largest absolute Gasteiger partial charge is 0.467 e. The Labute approximate surface area is 86.7 Å². The van der Waals surface area contributed by atoms with Gasteiger partial charge in [-0.15, -0.1) is 5.10 Å². The number of anilines is 1. The fraction of sp³-hybridized carbons (Fsp3) is 0.333. The molecule has 15 heavy (non-hydrogen) atoms. The van der Waals surface area contributed by atoms with E-state index in [9.17, 15) is 0 Å². The van der Waals surface area contributed by atoms with Crippen molar-refractivity contribution in [1.82, 2.24) is 15.5 Å². The molecular weight excluding hydrogens is 196 g/mol. The van der Waals surface area contributed by atoms with E-state index in [1.54, 1.807) is 6.26 Å². The van der Waals surface area contributed by atoms with E-state index >= 15 is 0 Å². The molecule has 2 aromatic heterocycles. The van der Waals surface area contributed by atoms with E-state index in [0.29, 0.717) is 25.0 Å². The third-order valence-electron chi connectivity index (χ3n) is 1.79. The first-order chi connectivity index (χ1) is 7.38. The van der Waals surface area contributed by atoms with Gasteiger partial charge in [0.05, 0.1) is 19.4 Å². The molecule has 2 N–H and O–H groups in total. The molecule has 0 fully saturated rings. The molecule has 0 spiro atoms. The fourth-order valence-electron chi connectivity index (χ4n) is 1.12. The molecule has 0 aliphatic rings. The highest BCUT2D eigenvalue weighted by Crippen LogP contribution is 2.07.